The van der Waals surface area contributed by atoms with E-state index in [1.54, 1.807) is 0 Å². The molecular formula is C18H27ClN4O5S. The van der Waals surface area contributed by atoms with E-state index in [1.807, 2.05) is 13.8 Å². The summed E-state index contributed by atoms with van der Waals surface area (Å²) in [6.07, 6.45) is 0.559. The lowest BCUT2D eigenvalue weighted by Gasteiger charge is -2.24. The lowest BCUT2D eigenvalue weighted by molar-refractivity contribution is -0.171. The van der Waals surface area contributed by atoms with Crippen molar-refractivity contribution >= 4 is 40.8 Å². The van der Waals surface area contributed by atoms with Gasteiger partial charge >= 0.3 is 5.97 Å². The highest BCUT2D eigenvalue weighted by atomic mass is 35.5. The van der Waals surface area contributed by atoms with Crippen molar-refractivity contribution in [2.45, 2.75) is 68.9 Å². The number of carbonyl (C=O) groups is 1. The summed E-state index contributed by atoms with van der Waals surface area (Å²) in [6.45, 7) is 5.61. The maximum Gasteiger partial charge on any atom is 0.331 e. The Morgan fingerprint density at radius 3 is 2.79 bits per heavy atom. The predicted molar refractivity (Wildman–Crippen MR) is 110 cm³/mol. The number of nitrogens with two attached hydrogens (primary N) is 1. The maximum absolute atomic E-state index is 11.5. The molecular weight excluding hydrogens is 420 g/mol. The molecule has 4 atom stereocenters. The second-order valence-electron chi connectivity index (χ2n) is 7.38. The Morgan fingerprint density at radius 2 is 2.10 bits per heavy atom. The summed E-state index contributed by atoms with van der Waals surface area (Å²) in [4.78, 5) is 20.2. The van der Waals surface area contributed by atoms with Crippen molar-refractivity contribution in [2.24, 2.45) is 0 Å². The van der Waals surface area contributed by atoms with E-state index in [4.69, 9.17) is 31.5 Å². The number of fused-ring (bicyclic) bond motifs is 1. The van der Waals surface area contributed by atoms with Gasteiger partial charge in [-0.2, -0.15) is 0 Å². The molecule has 0 radical (unpaired) electrons. The summed E-state index contributed by atoms with van der Waals surface area (Å²) < 4.78 is 22.5. The van der Waals surface area contributed by atoms with Gasteiger partial charge in [-0.05, 0) is 26.7 Å². The number of anilines is 2. The quantitative estimate of drug-likeness (QED) is 0.267. The van der Waals surface area contributed by atoms with Crippen molar-refractivity contribution in [1.82, 2.24) is 9.97 Å². The molecule has 0 bridgehead atoms. The highest BCUT2D eigenvalue weighted by molar-refractivity contribution is 7.99. The molecule has 162 valence electrons. The van der Waals surface area contributed by atoms with Gasteiger partial charge in [0.2, 0.25) is 0 Å². The summed E-state index contributed by atoms with van der Waals surface area (Å²) in [5.74, 6) is 0.122. The maximum atomic E-state index is 11.5. The Labute approximate surface area is 179 Å². The molecule has 0 amide bonds. The predicted octanol–water partition coefficient (Wildman–Crippen LogP) is 2.48. The third-order valence-corrected chi connectivity index (χ3v) is 6.03. The molecule has 1 aromatic rings. The number of ether oxygens (including phenoxy) is 4. The van der Waals surface area contributed by atoms with Gasteiger partial charge in [-0.1, -0.05) is 30.3 Å². The SMILES string of the molecule is CCCSc1nc(Cl)c(N)c(N[C@@H]2C[C@H](OCC(=O)OC)[C@H]3OC(C)(C)O[C@H]32)n1. The Balaban J connectivity index is 1.77. The third-order valence-electron chi connectivity index (χ3n) is 4.69. The first kappa shape index (κ1) is 22.4. The summed E-state index contributed by atoms with van der Waals surface area (Å²) in [7, 11) is 1.32. The van der Waals surface area contributed by atoms with E-state index in [0.29, 0.717) is 17.4 Å². The summed E-state index contributed by atoms with van der Waals surface area (Å²) in [5, 5.41) is 4.10. The monoisotopic (exact) mass is 446 g/mol. The lowest BCUT2D eigenvalue weighted by Crippen LogP contribution is -2.35. The fourth-order valence-electron chi connectivity index (χ4n) is 3.44. The van der Waals surface area contributed by atoms with Crippen molar-refractivity contribution in [2.75, 3.05) is 30.5 Å². The first-order valence-corrected chi connectivity index (χ1v) is 10.9. The third kappa shape index (κ3) is 5.24. The Morgan fingerprint density at radius 1 is 1.38 bits per heavy atom. The minimum atomic E-state index is -0.764. The fraction of sp³-hybridized carbons (Fsp3) is 0.722. The lowest BCUT2D eigenvalue weighted by atomic mass is 10.2. The molecule has 3 N–H and O–H groups in total. The molecule has 2 fully saturated rings. The van der Waals surface area contributed by atoms with Gasteiger partial charge in [-0.25, -0.2) is 14.8 Å². The van der Waals surface area contributed by atoms with E-state index < -0.39 is 11.8 Å². The zero-order chi connectivity index (χ0) is 21.2. The number of carbonyl (C=O) groups excluding carboxylic acids is 1. The van der Waals surface area contributed by atoms with Crippen molar-refractivity contribution in [3.05, 3.63) is 5.15 Å². The Kier molecular flexibility index (Phi) is 7.10. The molecule has 29 heavy (non-hydrogen) atoms. The number of nitrogens with one attached hydrogen (secondary N) is 1. The van der Waals surface area contributed by atoms with Gasteiger partial charge in [-0.3, -0.25) is 0 Å². The number of esters is 1. The van der Waals surface area contributed by atoms with Crippen LogP contribution in [0.5, 0.6) is 0 Å². The average Bonchev–Trinajstić information content (AvgIpc) is 3.15. The number of thioether (sulfide) groups is 1. The van der Waals surface area contributed by atoms with Gasteiger partial charge in [0, 0.05) is 5.75 Å². The highest BCUT2D eigenvalue weighted by Crippen LogP contribution is 2.41. The van der Waals surface area contributed by atoms with Crippen molar-refractivity contribution < 1.29 is 23.7 Å². The Bertz CT molecular complexity index is 753. The molecule has 2 aliphatic rings. The average molecular weight is 447 g/mol. The standard InChI is InChI=1S/C18H27ClN4O5S/c1-5-6-29-17-22-15(19)12(20)16(23-17)21-9-7-10(26-8-11(24)25-4)14-13(9)27-18(2,3)28-14/h9-10,13-14H,5-8,20H2,1-4H3,(H,21,22,23)/t9-,10+,13+,14-/m1/s1. The van der Waals surface area contributed by atoms with Crippen LogP contribution in [0.3, 0.4) is 0 Å². The van der Waals surface area contributed by atoms with E-state index in [1.165, 1.54) is 18.9 Å². The van der Waals surface area contributed by atoms with E-state index >= 15 is 0 Å². The second kappa shape index (κ2) is 9.22. The topological polar surface area (TPSA) is 118 Å². The van der Waals surface area contributed by atoms with Crippen LogP contribution < -0.4 is 11.1 Å². The summed E-state index contributed by atoms with van der Waals surface area (Å²) >= 11 is 7.72. The van der Waals surface area contributed by atoms with Crippen LogP contribution in [0.4, 0.5) is 11.5 Å². The van der Waals surface area contributed by atoms with Gasteiger partial charge < -0.3 is 30.0 Å². The van der Waals surface area contributed by atoms with Crippen LogP contribution in [0.15, 0.2) is 5.16 Å². The van der Waals surface area contributed by atoms with Gasteiger partial charge in [0.25, 0.3) is 0 Å². The molecule has 0 unspecified atom stereocenters. The Hall–Kier alpha value is -1.33. The van der Waals surface area contributed by atoms with Crippen molar-refractivity contribution in [3.8, 4) is 0 Å². The van der Waals surface area contributed by atoms with Crippen LogP contribution in [0, 0.1) is 0 Å². The van der Waals surface area contributed by atoms with E-state index in [9.17, 15) is 4.79 Å². The molecule has 3 rings (SSSR count). The number of hydrogen-bond donors (Lipinski definition) is 2. The molecule has 1 aliphatic carbocycles. The number of rotatable bonds is 8. The van der Waals surface area contributed by atoms with Gasteiger partial charge in [-0.15, -0.1) is 0 Å². The molecule has 1 saturated carbocycles. The first-order valence-electron chi connectivity index (χ1n) is 9.50. The van der Waals surface area contributed by atoms with Crippen molar-refractivity contribution in [3.63, 3.8) is 0 Å². The zero-order valence-electron chi connectivity index (χ0n) is 16.9. The van der Waals surface area contributed by atoms with Crippen LogP contribution >= 0.6 is 23.4 Å². The molecule has 1 aromatic heterocycles. The van der Waals surface area contributed by atoms with Crippen LogP contribution in [0.1, 0.15) is 33.6 Å². The second-order valence-corrected chi connectivity index (χ2v) is 8.80. The van der Waals surface area contributed by atoms with E-state index in [2.05, 4.69) is 26.9 Å². The minimum absolute atomic E-state index is 0.153. The normalized spacial score (nSPS) is 27.6. The first-order chi connectivity index (χ1) is 13.7. The number of nitrogens with zero attached hydrogens (tertiary/aromatic N) is 2. The molecule has 0 spiro atoms. The fourth-order valence-corrected chi connectivity index (χ4v) is 4.36. The van der Waals surface area contributed by atoms with Gasteiger partial charge in [0.05, 0.1) is 19.3 Å². The number of hydrogen-bond acceptors (Lipinski definition) is 10. The number of nitrogen functional groups attached to an aromatic ring is 1. The zero-order valence-corrected chi connectivity index (χ0v) is 18.5. The van der Waals surface area contributed by atoms with Crippen LogP contribution in [-0.2, 0) is 23.7 Å². The van der Waals surface area contributed by atoms with Crippen LogP contribution in [0.25, 0.3) is 0 Å². The largest absolute Gasteiger partial charge is 0.467 e. The molecule has 0 aromatic carbocycles. The summed E-state index contributed by atoms with van der Waals surface area (Å²) in [6, 6.07) is -0.193. The van der Waals surface area contributed by atoms with Gasteiger partial charge in [0.1, 0.15) is 24.5 Å². The van der Waals surface area contributed by atoms with Gasteiger partial charge in [0.15, 0.2) is 21.9 Å². The minimum Gasteiger partial charge on any atom is -0.467 e. The molecule has 2 heterocycles. The molecule has 1 saturated heterocycles. The summed E-state index contributed by atoms with van der Waals surface area (Å²) in [5.41, 5.74) is 6.39. The number of methoxy groups -OCH3 is 1. The molecule has 11 heteroatoms. The molecule has 9 nitrogen and oxygen atoms in total. The number of halogens is 1. The van der Waals surface area contributed by atoms with E-state index in [-0.39, 0.29) is 41.8 Å². The van der Waals surface area contributed by atoms with E-state index in [0.717, 1.165) is 12.2 Å². The van der Waals surface area contributed by atoms with Crippen LogP contribution in [-0.4, -0.2) is 65.5 Å². The molecule has 1 aliphatic heterocycles. The van der Waals surface area contributed by atoms with Crippen LogP contribution in [0.2, 0.25) is 5.15 Å². The number of aromatic nitrogens is 2. The smallest absolute Gasteiger partial charge is 0.331 e. The van der Waals surface area contributed by atoms with Crippen molar-refractivity contribution in [1.29, 1.82) is 0 Å². The highest BCUT2D eigenvalue weighted by Gasteiger charge is 2.55.